The summed E-state index contributed by atoms with van der Waals surface area (Å²) in [6, 6.07) is 0. The second-order valence-corrected chi connectivity index (χ2v) is 6.18. The van der Waals surface area contributed by atoms with Gasteiger partial charge in [-0.25, -0.2) is 0 Å². The predicted molar refractivity (Wildman–Crippen MR) is 79.9 cm³/mol. The van der Waals surface area contributed by atoms with Gasteiger partial charge in [0.25, 0.3) is 5.56 Å². The largest absolute Gasteiger partial charge is 0.465 e. The first-order valence-electron chi connectivity index (χ1n) is 6.54. The van der Waals surface area contributed by atoms with Crippen LogP contribution in [0.2, 0.25) is 0 Å². The van der Waals surface area contributed by atoms with Crippen LogP contribution in [0, 0.1) is 4.77 Å². The van der Waals surface area contributed by atoms with E-state index in [2.05, 4.69) is 4.98 Å². The van der Waals surface area contributed by atoms with Crippen LogP contribution < -0.4 is 5.56 Å². The first kappa shape index (κ1) is 13.5. The molecule has 0 atom stereocenters. The smallest absolute Gasteiger partial charge is 0.326 e. The third-order valence-corrected chi connectivity index (χ3v) is 4.97. The molecular weight excluding hydrogens is 296 g/mol. The maximum absolute atomic E-state index is 12.6. The number of aryl methyl sites for hydroxylation is 2. The summed E-state index contributed by atoms with van der Waals surface area (Å²) in [4.78, 5) is 29.3. The second kappa shape index (κ2) is 5.14. The van der Waals surface area contributed by atoms with E-state index < -0.39 is 5.97 Å². The third-order valence-electron chi connectivity index (χ3n) is 3.44. The lowest BCUT2D eigenvalue weighted by Crippen LogP contribution is -2.27. The van der Waals surface area contributed by atoms with Crippen LogP contribution in [0.5, 0.6) is 0 Å². The van der Waals surface area contributed by atoms with E-state index in [1.165, 1.54) is 9.44 Å². The van der Waals surface area contributed by atoms with E-state index in [4.69, 9.17) is 17.0 Å². The first-order valence-corrected chi connectivity index (χ1v) is 7.77. The highest BCUT2D eigenvalue weighted by Crippen LogP contribution is 2.34. The molecule has 7 heteroatoms. The number of aromatic amines is 1. The average Bonchev–Trinajstić information content (AvgIpc) is 2.94. The van der Waals surface area contributed by atoms with Crippen molar-refractivity contribution >= 4 is 39.7 Å². The van der Waals surface area contributed by atoms with Crippen molar-refractivity contribution in [3.05, 3.63) is 25.6 Å². The Morgan fingerprint density at radius 3 is 3.05 bits per heavy atom. The van der Waals surface area contributed by atoms with E-state index >= 15 is 0 Å². The standard InChI is InChI=1S/C13H14N2O3S2/c1-2-18-9(16)6-15-12(17)10-7-4-3-5-8(7)20-11(10)14-13(15)19/h2-6H2,1H3,(H,14,19). The zero-order valence-corrected chi connectivity index (χ0v) is 12.7. The number of H-pyrrole nitrogens is 1. The minimum atomic E-state index is -0.444. The Morgan fingerprint density at radius 1 is 1.50 bits per heavy atom. The summed E-state index contributed by atoms with van der Waals surface area (Å²) >= 11 is 6.78. The van der Waals surface area contributed by atoms with Crippen molar-refractivity contribution in [3.63, 3.8) is 0 Å². The van der Waals surface area contributed by atoms with Crippen LogP contribution in [-0.4, -0.2) is 22.1 Å². The zero-order valence-electron chi connectivity index (χ0n) is 11.0. The number of hydrogen-bond donors (Lipinski definition) is 1. The highest BCUT2D eigenvalue weighted by Gasteiger charge is 2.22. The van der Waals surface area contributed by atoms with E-state index in [9.17, 15) is 9.59 Å². The topological polar surface area (TPSA) is 64.1 Å². The lowest BCUT2D eigenvalue weighted by Gasteiger charge is -2.06. The van der Waals surface area contributed by atoms with Crippen molar-refractivity contribution in [2.75, 3.05) is 6.61 Å². The van der Waals surface area contributed by atoms with Gasteiger partial charge >= 0.3 is 5.97 Å². The van der Waals surface area contributed by atoms with Crippen molar-refractivity contribution in [2.45, 2.75) is 32.7 Å². The minimum Gasteiger partial charge on any atom is -0.465 e. The normalized spacial score (nSPS) is 13.7. The molecule has 2 aromatic rings. The van der Waals surface area contributed by atoms with Gasteiger partial charge in [-0.15, -0.1) is 11.3 Å². The van der Waals surface area contributed by atoms with Crippen molar-refractivity contribution in [1.82, 2.24) is 9.55 Å². The summed E-state index contributed by atoms with van der Waals surface area (Å²) in [7, 11) is 0. The fourth-order valence-electron chi connectivity index (χ4n) is 2.59. The van der Waals surface area contributed by atoms with Crippen LogP contribution in [0.15, 0.2) is 4.79 Å². The number of hydrogen-bond acceptors (Lipinski definition) is 5. The molecule has 20 heavy (non-hydrogen) atoms. The minimum absolute atomic E-state index is 0.136. The van der Waals surface area contributed by atoms with Crippen molar-refractivity contribution in [1.29, 1.82) is 0 Å². The Hall–Kier alpha value is -1.47. The maximum atomic E-state index is 12.6. The summed E-state index contributed by atoms with van der Waals surface area (Å²) in [6.45, 7) is 1.89. The number of aromatic nitrogens is 2. The van der Waals surface area contributed by atoms with Crippen LogP contribution in [0.4, 0.5) is 0 Å². The highest BCUT2D eigenvalue weighted by molar-refractivity contribution is 7.71. The average molecular weight is 310 g/mol. The molecule has 0 saturated heterocycles. The van der Waals surface area contributed by atoms with Crippen molar-refractivity contribution in [3.8, 4) is 0 Å². The Bertz CT molecular complexity index is 800. The number of carbonyl (C=O) groups is 1. The van der Waals surface area contributed by atoms with Gasteiger partial charge in [0.15, 0.2) is 4.77 Å². The van der Waals surface area contributed by atoms with Crippen LogP contribution >= 0.6 is 23.6 Å². The quantitative estimate of drug-likeness (QED) is 0.697. The number of rotatable bonds is 3. The molecule has 0 bridgehead atoms. The molecule has 0 aliphatic heterocycles. The van der Waals surface area contributed by atoms with Gasteiger partial charge in [-0.3, -0.25) is 14.2 Å². The molecule has 0 radical (unpaired) electrons. The molecule has 0 aromatic carbocycles. The summed E-state index contributed by atoms with van der Waals surface area (Å²) in [5.41, 5.74) is 0.940. The molecule has 106 valence electrons. The van der Waals surface area contributed by atoms with E-state index in [0.717, 1.165) is 29.7 Å². The van der Waals surface area contributed by atoms with Crippen molar-refractivity contribution < 1.29 is 9.53 Å². The molecule has 5 nitrogen and oxygen atoms in total. The Labute approximate surface area is 124 Å². The van der Waals surface area contributed by atoms with Gasteiger partial charge in [0, 0.05) is 4.88 Å². The van der Waals surface area contributed by atoms with Gasteiger partial charge in [-0.2, -0.15) is 0 Å². The SMILES string of the molecule is CCOC(=O)Cn1c(=S)[nH]c2sc3c(c2c1=O)CCC3. The molecule has 0 fully saturated rings. The molecule has 1 aliphatic carbocycles. The number of fused-ring (bicyclic) bond motifs is 3. The third kappa shape index (κ3) is 2.10. The number of ether oxygens (including phenoxy) is 1. The molecule has 1 aliphatic rings. The second-order valence-electron chi connectivity index (χ2n) is 4.69. The van der Waals surface area contributed by atoms with Gasteiger partial charge < -0.3 is 9.72 Å². The Kier molecular flexibility index (Phi) is 3.47. The van der Waals surface area contributed by atoms with Gasteiger partial charge in [-0.1, -0.05) is 0 Å². The van der Waals surface area contributed by atoms with E-state index in [1.807, 2.05) is 0 Å². The van der Waals surface area contributed by atoms with E-state index in [0.29, 0.717) is 12.0 Å². The summed E-state index contributed by atoms with van der Waals surface area (Å²) in [5.74, 6) is -0.444. The lowest BCUT2D eigenvalue weighted by molar-refractivity contribution is -0.143. The number of thiophene rings is 1. The molecule has 2 aromatic heterocycles. The predicted octanol–water partition coefficient (Wildman–Crippen LogP) is 2.17. The fraction of sp³-hybridized carbons (Fsp3) is 0.462. The summed E-state index contributed by atoms with van der Waals surface area (Å²) < 4.78 is 6.45. The molecule has 0 unspecified atom stereocenters. The zero-order chi connectivity index (χ0) is 14.3. The summed E-state index contributed by atoms with van der Waals surface area (Å²) in [6.07, 6.45) is 3.03. The summed E-state index contributed by atoms with van der Waals surface area (Å²) in [5, 5.41) is 0.695. The molecule has 0 spiro atoms. The number of nitrogens with zero attached hydrogens (tertiary/aromatic N) is 1. The monoisotopic (exact) mass is 310 g/mol. The van der Waals surface area contributed by atoms with Crippen LogP contribution in [-0.2, 0) is 28.9 Å². The lowest BCUT2D eigenvalue weighted by atomic mass is 10.2. The first-order chi connectivity index (χ1) is 9.61. The van der Waals surface area contributed by atoms with E-state index in [-0.39, 0.29) is 16.9 Å². The Morgan fingerprint density at radius 2 is 2.30 bits per heavy atom. The number of carbonyl (C=O) groups excluding carboxylic acids is 1. The number of esters is 1. The highest BCUT2D eigenvalue weighted by atomic mass is 32.1. The molecule has 3 rings (SSSR count). The maximum Gasteiger partial charge on any atom is 0.326 e. The van der Waals surface area contributed by atoms with Crippen LogP contribution in [0.25, 0.3) is 10.2 Å². The molecule has 2 heterocycles. The van der Waals surface area contributed by atoms with Crippen LogP contribution in [0.3, 0.4) is 0 Å². The van der Waals surface area contributed by atoms with Gasteiger partial charge in [0.1, 0.15) is 11.4 Å². The van der Waals surface area contributed by atoms with E-state index in [1.54, 1.807) is 18.3 Å². The molecule has 1 N–H and O–H groups in total. The molecule has 0 saturated carbocycles. The van der Waals surface area contributed by atoms with Gasteiger partial charge in [0.05, 0.1) is 12.0 Å². The van der Waals surface area contributed by atoms with Crippen molar-refractivity contribution in [2.24, 2.45) is 0 Å². The molecular formula is C13H14N2O3S2. The molecule has 0 amide bonds. The van der Waals surface area contributed by atoms with Gasteiger partial charge in [-0.05, 0) is 44.0 Å². The fourth-order valence-corrected chi connectivity index (χ4v) is 4.18. The Balaban J connectivity index is 2.16. The van der Waals surface area contributed by atoms with Gasteiger partial charge in [0.2, 0.25) is 0 Å². The van der Waals surface area contributed by atoms with Crippen LogP contribution in [0.1, 0.15) is 23.8 Å². The number of nitrogens with one attached hydrogen (secondary N) is 1.